The topological polar surface area (TPSA) is 84.9 Å². The molecule has 114 valence electrons. The van der Waals surface area contributed by atoms with Crippen LogP contribution < -0.4 is 10.1 Å². The van der Waals surface area contributed by atoms with Crippen LogP contribution in [0.15, 0.2) is 36.0 Å². The average Bonchev–Trinajstić information content (AvgIpc) is 2.47. The Morgan fingerprint density at radius 1 is 1.38 bits per heavy atom. The molecule has 0 aromatic heterocycles. The van der Waals surface area contributed by atoms with Crippen molar-refractivity contribution in [3.05, 3.63) is 36.0 Å². The number of benzene rings is 1. The summed E-state index contributed by atoms with van der Waals surface area (Å²) in [7, 11) is 1.50. The molecular weight excluding hydrogens is 274 g/mol. The Balaban J connectivity index is 2.90. The molecule has 0 aliphatic heterocycles. The van der Waals surface area contributed by atoms with E-state index in [-0.39, 0.29) is 6.10 Å². The summed E-state index contributed by atoms with van der Waals surface area (Å²) in [6, 6.07) is 6.96. The number of carboxylic acids is 1. The van der Waals surface area contributed by atoms with Gasteiger partial charge in [-0.15, -0.1) is 0 Å². The molecule has 1 atom stereocenters. The minimum Gasteiger partial charge on any atom is -0.495 e. The van der Waals surface area contributed by atoms with Gasteiger partial charge < -0.3 is 19.9 Å². The van der Waals surface area contributed by atoms with Crippen molar-refractivity contribution in [1.82, 2.24) is 0 Å². The van der Waals surface area contributed by atoms with Crippen molar-refractivity contribution >= 4 is 17.6 Å². The number of nitrogens with one attached hydrogen (secondary N) is 1. The van der Waals surface area contributed by atoms with Gasteiger partial charge in [0.15, 0.2) is 5.57 Å². The third-order valence-electron chi connectivity index (χ3n) is 2.81. The summed E-state index contributed by atoms with van der Waals surface area (Å²) < 4.78 is 10.1. The van der Waals surface area contributed by atoms with Crippen LogP contribution in [0, 0.1) is 0 Å². The maximum atomic E-state index is 11.8. The first-order valence-corrected chi connectivity index (χ1v) is 6.53. The molecule has 1 unspecified atom stereocenters. The van der Waals surface area contributed by atoms with Gasteiger partial charge in [0.25, 0.3) is 0 Å². The average molecular weight is 293 g/mol. The molecule has 0 heterocycles. The number of ether oxygens (including phenoxy) is 2. The van der Waals surface area contributed by atoms with Crippen molar-refractivity contribution in [3.63, 3.8) is 0 Å². The van der Waals surface area contributed by atoms with Crippen LogP contribution >= 0.6 is 0 Å². The lowest BCUT2D eigenvalue weighted by molar-refractivity contribution is -0.147. The second-order valence-corrected chi connectivity index (χ2v) is 4.33. The van der Waals surface area contributed by atoms with E-state index in [1.807, 2.05) is 6.92 Å². The maximum absolute atomic E-state index is 11.8. The minimum atomic E-state index is -1.36. The number of rotatable bonds is 7. The normalized spacial score (nSPS) is 12.4. The van der Waals surface area contributed by atoms with Gasteiger partial charge in [0.2, 0.25) is 0 Å². The molecule has 6 heteroatoms. The smallest absolute Gasteiger partial charge is 0.347 e. The standard InChI is InChI=1S/C15H19NO5/c1-4-10(2)21-15(19)11(14(17)18)9-16-12-7-5-6-8-13(12)20-3/h5-10,16H,4H2,1-3H3,(H,17,18). The highest BCUT2D eigenvalue weighted by Crippen LogP contribution is 2.23. The number of methoxy groups -OCH3 is 1. The number of aliphatic carboxylic acids is 1. The lowest BCUT2D eigenvalue weighted by Gasteiger charge is -2.12. The molecule has 1 aromatic rings. The summed E-state index contributed by atoms with van der Waals surface area (Å²) in [5.41, 5.74) is 0.0799. The molecule has 21 heavy (non-hydrogen) atoms. The summed E-state index contributed by atoms with van der Waals surface area (Å²) in [6.07, 6.45) is 1.37. The Labute approximate surface area is 123 Å². The molecule has 6 nitrogen and oxygen atoms in total. The predicted molar refractivity (Wildman–Crippen MR) is 78.2 cm³/mol. The fourth-order valence-electron chi connectivity index (χ4n) is 1.45. The number of carboxylic acid groups (broad SMARTS) is 1. The minimum absolute atomic E-state index is 0.341. The summed E-state index contributed by atoms with van der Waals surface area (Å²) in [6.45, 7) is 3.54. The zero-order valence-corrected chi connectivity index (χ0v) is 12.3. The van der Waals surface area contributed by atoms with Crippen LogP contribution in [0.4, 0.5) is 5.69 Å². The Kier molecular flexibility index (Phi) is 6.26. The fraction of sp³-hybridized carbons (Fsp3) is 0.333. The maximum Gasteiger partial charge on any atom is 0.347 e. The van der Waals surface area contributed by atoms with Crippen LogP contribution in [0.3, 0.4) is 0 Å². The van der Waals surface area contributed by atoms with Crippen molar-refractivity contribution in [2.45, 2.75) is 26.4 Å². The zero-order valence-electron chi connectivity index (χ0n) is 12.3. The summed E-state index contributed by atoms with van der Waals surface area (Å²) >= 11 is 0. The van der Waals surface area contributed by atoms with E-state index in [9.17, 15) is 9.59 Å². The largest absolute Gasteiger partial charge is 0.495 e. The van der Waals surface area contributed by atoms with Crippen LogP contribution in [-0.4, -0.2) is 30.3 Å². The summed E-state index contributed by atoms with van der Waals surface area (Å²) in [5.74, 6) is -1.70. The van der Waals surface area contributed by atoms with Gasteiger partial charge in [-0.3, -0.25) is 0 Å². The molecular formula is C15H19NO5. The number of anilines is 1. The van der Waals surface area contributed by atoms with Gasteiger partial charge in [-0.25, -0.2) is 9.59 Å². The van der Waals surface area contributed by atoms with E-state index in [2.05, 4.69) is 5.32 Å². The molecule has 2 N–H and O–H groups in total. The van der Waals surface area contributed by atoms with E-state index >= 15 is 0 Å². The van der Waals surface area contributed by atoms with E-state index in [4.69, 9.17) is 14.6 Å². The van der Waals surface area contributed by atoms with Crippen molar-refractivity contribution in [2.24, 2.45) is 0 Å². The molecule has 0 fully saturated rings. The molecule has 0 spiro atoms. The van der Waals surface area contributed by atoms with Crippen LogP contribution in [0.1, 0.15) is 20.3 Å². The quantitative estimate of drug-likeness (QED) is 0.347. The number of carbonyl (C=O) groups excluding carboxylic acids is 1. The van der Waals surface area contributed by atoms with Gasteiger partial charge in [0.1, 0.15) is 5.75 Å². The highest BCUT2D eigenvalue weighted by Gasteiger charge is 2.21. The Bertz CT molecular complexity index is 539. The van der Waals surface area contributed by atoms with Gasteiger partial charge in [0, 0.05) is 6.20 Å². The number of hydrogen-bond donors (Lipinski definition) is 2. The SMILES string of the molecule is CCC(C)OC(=O)C(=CNc1ccccc1OC)C(=O)O. The summed E-state index contributed by atoms with van der Waals surface area (Å²) in [5, 5.41) is 11.8. The van der Waals surface area contributed by atoms with E-state index in [1.54, 1.807) is 31.2 Å². The van der Waals surface area contributed by atoms with E-state index in [1.165, 1.54) is 7.11 Å². The highest BCUT2D eigenvalue weighted by atomic mass is 16.5. The van der Waals surface area contributed by atoms with Crippen molar-refractivity contribution in [3.8, 4) is 5.75 Å². The van der Waals surface area contributed by atoms with Crippen molar-refractivity contribution < 1.29 is 24.2 Å². The third-order valence-corrected chi connectivity index (χ3v) is 2.81. The lowest BCUT2D eigenvalue weighted by atomic mass is 10.2. The number of carbonyl (C=O) groups is 2. The lowest BCUT2D eigenvalue weighted by Crippen LogP contribution is -2.21. The molecule has 0 saturated carbocycles. The highest BCUT2D eigenvalue weighted by molar-refractivity contribution is 6.13. The monoisotopic (exact) mass is 293 g/mol. The van der Waals surface area contributed by atoms with Crippen LogP contribution in [0.5, 0.6) is 5.75 Å². The van der Waals surface area contributed by atoms with Crippen LogP contribution in [0.2, 0.25) is 0 Å². The first kappa shape index (κ1) is 16.6. The van der Waals surface area contributed by atoms with Crippen molar-refractivity contribution in [2.75, 3.05) is 12.4 Å². The van der Waals surface area contributed by atoms with Crippen LogP contribution in [-0.2, 0) is 14.3 Å². The Morgan fingerprint density at radius 3 is 2.62 bits per heavy atom. The van der Waals surface area contributed by atoms with E-state index in [0.717, 1.165) is 6.20 Å². The molecule has 0 radical (unpaired) electrons. The summed E-state index contributed by atoms with van der Waals surface area (Å²) in [4.78, 5) is 22.9. The van der Waals surface area contributed by atoms with Gasteiger partial charge in [-0.2, -0.15) is 0 Å². The predicted octanol–water partition coefficient (Wildman–Crippen LogP) is 2.42. The number of hydrogen-bond acceptors (Lipinski definition) is 5. The van der Waals surface area contributed by atoms with Crippen LogP contribution in [0.25, 0.3) is 0 Å². The fourth-order valence-corrected chi connectivity index (χ4v) is 1.45. The molecule has 0 saturated heterocycles. The molecule has 1 aromatic carbocycles. The van der Waals surface area contributed by atoms with E-state index < -0.39 is 17.5 Å². The first-order chi connectivity index (χ1) is 9.99. The Hall–Kier alpha value is -2.50. The third kappa shape index (κ3) is 4.83. The molecule has 0 aliphatic carbocycles. The second-order valence-electron chi connectivity index (χ2n) is 4.33. The number of para-hydroxylation sites is 2. The molecule has 1 rings (SSSR count). The second kappa shape index (κ2) is 7.94. The molecule has 0 aliphatic rings. The van der Waals surface area contributed by atoms with Gasteiger partial charge >= 0.3 is 11.9 Å². The van der Waals surface area contributed by atoms with Crippen molar-refractivity contribution in [1.29, 1.82) is 0 Å². The van der Waals surface area contributed by atoms with Gasteiger partial charge in [-0.05, 0) is 25.5 Å². The zero-order chi connectivity index (χ0) is 15.8. The molecule has 0 amide bonds. The van der Waals surface area contributed by atoms with Gasteiger partial charge in [-0.1, -0.05) is 19.1 Å². The Morgan fingerprint density at radius 2 is 2.05 bits per heavy atom. The first-order valence-electron chi connectivity index (χ1n) is 6.53. The van der Waals surface area contributed by atoms with E-state index in [0.29, 0.717) is 17.9 Å². The van der Waals surface area contributed by atoms with Gasteiger partial charge in [0.05, 0.1) is 18.9 Å². The molecule has 0 bridgehead atoms. The number of esters is 1.